The van der Waals surface area contributed by atoms with E-state index in [9.17, 15) is 34.5 Å². The fraction of sp³-hybridized carbons (Fsp3) is 0.846. The molecule has 5 aliphatic rings. The largest absolute Gasteiger partial charge is 0.456 e. The van der Waals surface area contributed by atoms with Gasteiger partial charge in [0, 0.05) is 43.4 Å². The van der Waals surface area contributed by atoms with Crippen LogP contribution in [0.25, 0.3) is 0 Å². The highest BCUT2D eigenvalue weighted by Gasteiger charge is 2.79. The Morgan fingerprint density at radius 3 is 2.13 bits per heavy atom. The molecule has 4 fully saturated rings. The number of carbonyl (C=O) groups excluding carboxylic acids is 4. The third kappa shape index (κ3) is 7.06. The Labute approximate surface area is 317 Å². The van der Waals surface area contributed by atoms with Crippen molar-refractivity contribution in [1.82, 2.24) is 5.32 Å². The van der Waals surface area contributed by atoms with Crippen molar-refractivity contribution < 1.29 is 67.7 Å². The molecule has 2 aliphatic heterocycles. The minimum absolute atomic E-state index is 0.0557. The molecular formula is C39H61NO14. The summed E-state index contributed by atoms with van der Waals surface area (Å²) in [6.45, 7) is 21.6. The predicted molar refractivity (Wildman–Crippen MR) is 190 cm³/mol. The van der Waals surface area contributed by atoms with E-state index in [1.54, 1.807) is 55.4 Å². The molecule has 0 aromatic rings. The first-order valence-electron chi connectivity index (χ1n) is 18.9. The van der Waals surface area contributed by atoms with Crippen molar-refractivity contribution in [1.29, 1.82) is 0 Å². The molecule has 0 aromatic carbocycles. The normalized spacial score (nSPS) is 38.9. The maximum atomic E-state index is 13.9. The van der Waals surface area contributed by atoms with Crippen LogP contribution in [0.4, 0.5) is 4.79 Å². The van der Waals surface area contributed by atoms with Crippen molar-refractivity contribution in [2.45, 2.75) is 181 Å². The topological polar surface area (TPSA) is 206 Å². The Hall–Kier alpha value is -2.82. The summed E-state index contributed by atoms with van der Waals surface area (Å²) < 4.78 is 43.0. The van der Waals surface area contributed by atoms with Crippen LogP contribution in [0.3, 0.4) is 0 Å². The Morgan fingerprint density at radius 2 is 1.61 bits per heavy atom. The van der Waals surface area contributed by atoms with E-state index in [4.69, 9.17) is 33.2 Å². The zero-order valence-corrected chi connectivity index (χ0v) is 33.9. The van der Waals surface area contributed by atoms with Crippen LogP contribution in [0, 0.1) is 22.7 Å². The minimum Gasteiger partial charge on any atom is -0.456 e. The number of aliphatic hydroxyl groups is 3. The van der Waals surface area contributed by atoms with Gasteiger partial charge in [-0.3, -0.25) is 9.59 Å². The molecular weight excluding hydrogens is 706 g/mol. The number of esters is 3. The molecule has 5 rings (SSSR count). The monoisotopic (exact) mass is 767 g/mol. The number of hydrogen-bond donors (Lipinski definition) is 4. The zero-order valence-electron chi connectivity index (χ0n) is 33.9. The van der Waals surface area contributed by atoms with Crippen LogP contribution in [0.15, 0.2) is 11.1 Å². The van der Waals surface area contributed by atoms with Crippen LogP contribution >= 0.6 is 0 Å². The second-order valence-corrected chi connectivity index (χ2v) is 18.5. The van der Waals surface area contributed by atoms with Crippen LogP contribution in [0.5, 0.6) is 0 Å². The van der Waals surface area contributed by atoms with Gasteiger partial charge in [0.1, 0.15) is 29.5 Å². The van der Waals surface area contributed by atoms with Crippen molar-refractivity contribution in [2.24, 2.45) is 22.7 Å². The summed E-state index contributed by atoms with van der Waals surface area (Å²) in [6.07, 6.45) is -9.14. The number of ether oxygens (including phenoxy) is 7. The number of nitrogens with one attached hydrogen (secondary N) is 1. The zero-order chi connectivity index (χ0) is 40.7. The van der Waals surface area contributed by atoms with Crippen LogP contribution in [-0.4, -0.2) is 117 Å². The van der Waals surface area contributed by atoms with Gasteiger partial charge in [-0.2, -0.15) is 0 Å². The fourth-order valence-electron chi connectivity index (χ4n) is 9.98. The minimum atomic E-state index is -2.14. The number of amides is 1. The van der Waals surface area contributed by atoms with E-state index in [2.05, 4.69) is 5.32 Å². The van der Waals surface area contributed by atoms with E-state index in [1.807, 2.05) is 20.8 Å². The van der Waals surface area contributed by atoms with Gasteiger partial charge < -0.3 is 53.8 Å². The van der Waals surface area contributed by atoms with Gasteiger partial charge in [0.15, 0.2) is 23.6 Å². The highest BCUT2D eigenvalue weighted by Crippen LogP contribution is 2.67. The molecule has 54 heavy (non-hydrogen) atoms. The van der Waals surface area contributed by atoms with Gasteiger partial charge >= 0.3 is 24.0 Å². The molecule has 2 saturated carbocycles. The van der Waals surface area contributed by atoms with E-state index < -0.39 is 112 Å². The molecule has 1 amide bonds. The molecule has 12 unspecified atom stereocenters. The molecule has 2 saturated heterocycles. The summed E-state index contributed by atoms with van der Waals surface area (Å²) in [4.78, 5) is 52.5. The predicted octanol–water partition coefficient (Wildman–Crippen LogP) is 3.23. The highest BCUT2D eigenvalue weighted by molar-refractivity contribution is 5.77. The molecule has 2 bridgehead atoms. The summed E-state index contributed by atoms with van der Waals surface area (Å²) in [6, 6.07) is -1.09. The second kappa shape index (κ2) is 14.0. The van der Waals surface area contributed by atoms with Crippen molar-refractivity contribution in [3.05, 3.63) is 11.1 Å². The van der Waals surface area contributed by atoms with Crippen molar-refractivity contribution >= 4 is 24.0 Å². The van der Waals surface area contributed by atoms with Crippen LogP contribution in [-0.2, 0) is 47.5 Å². The van der Waals surface area contributed by atoms with E-state index in [0.717, 1.165) is 0 Å². The second-order valence-electron chi connectivity index (χ2n) is 18.5. The molecule has 15 heteroatoms. The Bertz CT molecular complexity index is 1550. The quantitative estimate of drug-likeness (QED) is 0.159. The Kier molecular flexibility index (Phi) is 11.0. The van der Waals surface area contributed by atoms with E-state index in [-0.39, 0.29) is 31.8 Å². The highest BCUT2D eigenvalue weighted by atomic mass is 16.7. The SMILES string of the molecule is CC(=O)OC1C2=C(C)C(OC(=O)C(O)C(CC(C)C)NC(=O)OC(C)(C)C)CC(O)(C(O)C3C4(OC(C)=O)COC4CC4OC(C)(C)OC1C43C)C2(C)C. The molecule has 15 nitrogen and oxygen atoms in total. The van der Waals surface area contributed by atoms with Gasteiger partial charge in [-0.15, -0.1) is 0 Å². The lowest BCUT2D eigenvalue weighted by Gasteiger charge is -2.71. The number of hydrogen-bond acceptors (Lipinski definition) is 14. The summed E-state index contributed by atoms with van der Waals surface area (Å²) in [5, 5.41) is 40.0. The molecule has 4 N–H and O–H groups in total. The number of carbonyl (C=O) groups is 4. The summed E-state index contributed by atoms with van der Waals surface area (Å²) in [5.74, 6) is -4.74. The lowest BCUT2D eigenvalue weighted by atomic mass is 9.44. The lowest BCUT2D eigenvalue weighted by molar-refractivity contribution is -0.430. The Morgan fingerprint density at radius 1 is 0.981 bits per heavy atom. The van der Waals surface area contributed by atoms with Crippen LogP contribution in [0.2, 0.25) is 0 Å². The summed E-state index contributed by atoms with van der Waals surface area (Å²) >= 11 is 0. The van der Waals surface area contributed by atoms with Gasteiger partial charge in [-0.25, -0.2) is 9.59 Å². The molecule has 0 spiro atoms. The molecule has 0 radical (unpaired) electrons. The maximum absolute atomic E-state index is 13.9. The molecule has 3 aliphatic carbocycles. The van der Waals surface area contributed by atoms with E-state index in [0.29, 0.717) is 11.1 Å². The van der Waals surface area contributed by atoms with E-state index >= 15 is 0 Å². The molecule has 2 heterocycles. The summed E-state index contributed by atoms with van der Waals surface area (Å²) in [7, 11) is 0. The average Bonchev–Trinajstić information content (AvgIpc) is 2.99. The van der Waals surface area contributed by atoms with Gasteiger partial charge in [0.2, 0.25) is 0 Å². The molecule has 0 aromatic heterocycles. The van der Waals surface area contributed by atoms with Crippen LogP contribution in [0.1, 0.15) is 109 Å². The van der Waals surface area contributed by atoms with Crippen LogP contribution < -0.4 is 5.32 Å². The average molecular weight is 768 g/mol. The first-order chi connectivity index (χ1) is 24.6. The number of rotatable bonds is 8. The fourth-order valence-corrected chi connectivity index (χ4v) is 9.98. The number of fused-ring (bicyclic) bond motifs is 4. The van der Waals surface area contributed by atoms with E-state index in [1.165, 1.54) is 13.8 Å². The molecule has 12 atom stereocenters. The number of alkyl carbamates (subject to hydrolysis) is 1. The third-order valence-electron chi connectivity index (χ3n) is 12.3. The van der Waals surface area contributed by atoms with Crippen molar-refractivity contribution in [3.8, 4) is 0 Å². The lowest BCUT2D eigenvalue weighted by Crippen LogP contribution is -2.84. The first-order valence-corrected chi connectivity index (χ1v) is 18.9. The summed E-state index contributed by atoms with van der Waals surface area (Å²) in [5.41, 5.74) is -6.25. The van der Waals surface area contributed by atoms with Crippen molar-refractivity contribution in [3.63, 3.8) is 0 Å². The first kappa shape index (κ1) is 42.3. The van der Waals surface area contributed by atoms with Gasteiger partial charge in [0.25, 0.3) is 0 Å². The molecule has 306 valence electrons. The maximum Gasteiger partial charge on any atom is 0.407 e. The third-order valence-corrected chi connectivity index (χ3v) is 12.3. The van der Waals surface area contributed by atoms with Gasteiger partial charge in [-0.05, 0) is 65.0 Å². The van der Waals surface area contributed by atoms with Gasteiger partial charge in [-0.1, -0.05) is 34.6 Å². The van der Waals surface area contributed by atoms with Gasteiger partial charge in [0.05, 0.1) is 24.9 Å². The van der Waals surface area contributed by atoms with Crippen molar-refractivity contribution in [2.75, 3.05) is 6.61 Å². The standard InChI is InChI=1S/C39H61NO14/c1-18(2)14-22(40-33(46)54-34(6,7)8)27(43)32(45)50-23-16-39(47)30(44)29-37(13)24(15-25-38(29,17-48-25)51-21(5)42)52-36(11,12)53-31(37)28(49-20(4)41)26(19(23)3)35(39,9)10/h18,22-25,27-31,43-44,47H,14-17H2,1-13H3,(H,40,46). The Balaban J connectivity index is 1.66. The number of aliphatic hydroxyl groups excluding tert-OH is 2. The smallest absolute Gasteiger partial charge is 0.407 e.